The first kappa shape index (κ1) is 14.1. The second-order valence-corrected chi connectivity index (χ2v) is 4.37. The van der Waals surface area contributed by atoms with Crippen molar-refractivity contribution in [3.05, 3.63) is 53.9 Å². The van der Waals surface area contributed by atoms with Crippen molar-refractivity contribution in [1.29, 1.82) is 0 Å². The Balaban J connectivity index is 2.01. The average molecular weight is 271 g/mol. The lowest BCUT2D eigenvalue weighted by atomic mass is 10.3. The highest BCUT2D eigenvalue weighted by Crippen LogP contribution is 2.18. The van der Waals surface area contributed by atoms with Gasteiger partial charge in [0.05, 0.1) is 6.61 Å². The Labute approximate surface area is 118 Å². The lowest BCUT2D eigenvalue weighted by molar-refractivity contribution is 0.0728. The number of esters is 1. The summed E-state index contributed by atoms with van der Waals surface area (Å²) in [5.41, 5.74) is 1.08. The summed E-state index contributed by atoms with van der Waals surface area (Å²) in [5, 5.41) is 0. The van der Waals surface area contributed by atoms with Crippen molar-refractivity contribution in [2.45, 2.75) is 20.3 Å². The third kappa shape index (κ3) is 3.82. The van der Waals surface area contributed by atoms with Crippen LogP contribution in [0.2, 0.25) is 0 Å². The summed E-state index contributed by atoms with van der Waals surface area (Å²) in [6.07, 6.45) is 0.954. The molecule has 1 aromatic heterocycles. The van der Waals surface area contributed by atoms with Gasteiger partial charge in [-0.3, -0.25) is 0 Å². The zero-order valence-electron chi connectivity index (χ0n) is 11.6. The van der Waals surface area contributed by atoms with E-state index >= 15 is 0 Å². The number of ether oxygens (including phenoxy) is 2. The van der Waals surface area contributed by atoms with E-state index in [0.717, 1.165) is 17.9 Å². The lowest BCUT2D eigenvalue weighted by Crippen LogP contribution is -2.10. The first-order valence-electron chi connectivity index (χ1n) is 6.57. The minimum atomic E-state index is -0.462. The normalized spacial score (nSPS) is 10.1. The smallest absolute Gasteiger partial charge is 0.362 e. The van der Waals surface area contributed by atoms with Gasteiger partial charge in [0.15, 0.2) is 0 Å². The highest BCUT2D eigenvalue weighted by Gasteiger charge is 2.10. The van der Waals surface area contributed by atoms with Crippen LogP contribution in [0.5, 0.6) is 11.5 Å². The number of hydrogen-bond acceptors (Lipinski definition) is 4. The number of aryl methyl sites for hydroxylation is 1. The predicted octanol–water partition coefficient (Wildman–Crippen LogP) is 3.40. The molecule has 2 aromatic rings. The van der Waals surface area contributed by atoms with Gasteiger partial charge >= 0.3 is 5.97 Å². The monoisotopic (exact) mass is 271 g/mol. The fraction of sp³-hybridized carbons (Fsp3) is 0.250. The molecule has 0 aliphatic carbocycles. The SMILES string of the molecule is CCCOc1ccc(OC(=O)c2cccc(C)n2)cc1. The minimum absolute atomic E-state index is 0.302. The van der Waals surface area contributed by atoms with Gasteiger partial charge in [-0.2, -0.15) is 0 Å². The summed E-state index contributed by atoms with van der Waals surface area (Å²) in [5.74, 6) is 0.776. The molecule has 2 rings (SSSR count). The number of carbonyl (C=O) groups is 1. The molecule has 1 aromatic carbocycles. The molecule has 0 radical (unpaired) electrons. The van der Waals surface area contributed by atoms with E-state index in [1.807, 2.05) is 19.9 Å². The maximum absolute atomic E-state index is 11.9. The first-order valence-corrected chi connectivity index (χ1v) is 6.57. The summed E-state index contributed by atoms with van der Waals surface area (Å²) in [7, 11) is 0. The number of aromatic nitrogens is 1. The summed E-state index contributed by atoms with van der Waals surface area (Å²) >= 11 is 0. The predicted molar refractivity (Wildman–Crippen MR) is 76.2 cm³/mol. The second kappa shape index (κ2) is 6.70. The third-order valence-electron chi connectivity index (χ3n) is 2.60. The number of hydrogen-bond donors (Lipinski definition) is 0. The molecule has 0 N–H and O–H groups in total. The molecule has 0 fully saturated rings. The Kier molecular flexibility index (Phi) is 4.71. The Hall–Kier alpha value is -2.36. The molecule has 0 aliphatic rings. The second-order valence-electron chi connectivity index (χ2n) is 4.37. The minimum Gasteiger partial charge on any atom is -0.494 e. The van der Waals surface area contributed by atoms with Gasteiger partial charge in [-0.15, -0.1) is 0 Å². The highest BCUT2D eigenvalue weighted by atomic mass is 16.5. The van der Waals surface area contributed by atoms with E-state index < -0.39 is 5.97 Å². The summed E-state index contributed by atoms with van der Waals surface area (Å²) in [6.45, 7) is 4.55. The summed E-state index contributed by atoms with van der Waals surface area (Å²) < 4.78 is 10.7. The summed E-state index contributed by atoms with van der Waals surface area (Å²) in [6, 6.07) is 12.2. The van der Waals surface area contributed by atoms with Crippen molar-refractivity contribution in [2.24, 2.45) is 0 Å². The van der Waals surface area contributed by atoms with Gasteiger partial charge < -0.3 is 9.47 Å². The molecular formula is C16H17NO3. The maximum Gasteiger partial charge on any atom is 0.362 e. The van der Waals surface area contributed by atoms with Gasteiger partial charge in [-0.1, -0.05) is 13.0 Å². The average Bonchev–Trinajstić information content (AvgIpc) is 2.46. The van der Waals surface area contributed by atoms with E-state index in [4.69, 9.17) is 9.47 Å². The summed E-state index contributed by atoms with van der Waals surface area (Å²) in [4.78, 5) is 16.0. The molecule has 20 heavy (non-hydrogen) atoms. The van der Waals surface area contributed by atoms with Crippen LogP contribution in [0.25, 0.3) is 0 Å². The van der Waals surface area contributed by atoms with Crippen LogP contribution >= 0.6 is 0 Å². The van der Waals surface area contributed by atoms with E-state index in [0.29, 0.717) is 18.1 Å². The van der Waals surface area contributed by atoms with Gasteiger partial charge in [-0.05, 0) is 49.7 Å². The molecule has 0 amide bonds. The van der Waals surface area contributed by atoms with Crippen LogP contribution in [0.15, 0.2) is 42.5 Å². The molecular weight excluding hydrogens is 254 g/mol. The molecule has 104 valence electrons. The van der Waals surface area contributed by atoms with Gasteiger partial charge in [0.2, 0.25) is 0 Å². The van der Waals surface area contributed by atoms with Crippen molar-refractivity contribution < 1.29 is 14.3 Å². The fourth-order valence-electron chi connectivity index (χ4n) is 1.64. The van der Waals surface area contributed by atoms with Gasteiger partial charge in [0, 0.05) is 5.69 Å². The van der Waals surface area contributed by atoms with Crippen LogP contribution < -0.4 is 9.47 Å². The number of rotatable bonds is 5. The Morgan fingerprint density at radius 2 is 1.80 bits per heavy atom. The van der Waals surface area contributed by atoms with Crippen LogP contribution in [0.1, 0.15) is 29.5 Å². The quantitative estimate of drug-likeness (QED) is 0.617. The number of pyridine rings is 1. The molecule has 0 saturated carbocycles. The van der Waals surface area contributed by atoms with E-state index in [2.05, 4.69) is 4.98 Å². The molecule has 0 unspecified atom stereocenters. The standard InChI is InChI=1S/C16H17NO3/c1-3-11-19-13-7-9-14(10-8-13)20-16(18)15-6-4-5-12(2)17-15/h4-10H,3,11H2,1-2H3. The molecule has 0 aliphatic heterocycles. The Morgan fingerprint density at radius 1 is 1.10 bits per heavy atom. The third-order valence-corrected chi connectivity index (χ3v) is 2.60. The molecule has 0 saturated heterocycles. The van der Waals surface area contributed by atoms with Crippen molar-refractivity contribution in [3.63, 3.8) is 0 Å². The Bertz CT molecular complexity index is 579. The van der Waals surface area contributed by atoms with Crippen LogP contribution in [0.4, 0.5) is 0 Å². The maximum atomic E-state index is 11.9. The number of nitrogens with zero attached hydrogens (tertiary/aromatic N) is 1. The van der Waals surface area contributed by atoms with Crippen molar-refractivity contribution in [3.8, 4) is 11.5 Å². The largest absolute Gasteiger partial charge is 0.494 e. The van der Waals surface area contributed by atoms with Gasteiger partial charge in [0.1, 0.15) is 17.2 Å². The van der Waals surface area contributed by atoms with Crippen LogP contribution in [-0.4, -0.2) is 17.6 Å². The van der Waals surface area contributed by atoms with Crippen molar-refractivity contribution in [2.75, 3.05) is 6.61 Å². The zero-order chi connectivity index (χ0) is 14.4. The fourth-order valence-corrected chi connectivity index (χ4v) is 1.64. The number of carbonyl (C=O) groups excluding carboxylic acids is 1. The van der Waals surface area contributed by atoms with Crippen LogP contribution in [0.3, 0.4) is 0 Å². The van der Waals surface area contributed by atoms with Crippen LogP contribution in [0, 0.1) is 6.92 Å². The highest BCUT2D eigenvalue weighted by molar-refractivity contribution is 5.89. The molecule has 4 nitrogen and oxygen atoms in total. The van der Waals surface area contributed by atoms with Crippen molar-refractivity contribution >= 4 is 5.97 Å². The van der Waals surface area contributed by atoms with E-state index in [9.17, 15) is 4.79 Å². The van der Waals surface area contributed by atoms with Crippen molar-refractivity contribution in [1.82, 2.24) is 4.98 Å². The molecule has 4 heteroatoms. The topological polar surface area (TPSA) is 48.4 Å². The number of benzene rings is 1. The molecule has 0 spiro atoms. The van der Waals surface area contributed by atoms with E-state index in [-0.39, 0.29) is 0 Å². The van der Waals surface area contributed by atoms with E-state index in [1.165, 1.54) is 0 Å². The molecule has 0 bridgehead atoms. The van der Waals surface area contributed by atoms with Gasteiger partial charge in [0.25, 0.3) is 0 Å². The van der Waals surface area contributed by atoms with Crippen LogP contribution in [-0.2, 0) is 0 Å². The lowest BCUT2D eigenvalue weighted by Gasteiger charge is -2.07. The van der Waals surface area contributed by atoms with E-state index in [1.54, 1.807) is 36.4 Å². The van der Waals surface area contributed by atoms with Gasteiger partial charge in [-0.25, -0.2) is 9.78 Å². The first-order chi connectivity index (χ1) is 9.69. The zero-order valence-corrected chi connectivity index (χ0v) is 11.6. The molecule has 1 heterocycles. The molecule has 0 atom stereocenters. The Morgan fingerprint density at radius 3 is 2.45 bits per heavy atom.